The molecule has 0 spiro atoms. The number of alkyl halides is 3. The summed E-state index contributed by atoms with van der Waals surface area (Å²) in [6.07, 6.45) is -5.54. The monoisotopic (exact) mass is 198 g/mol. The molecule has 1 aliphatic heterocycles. The highest BCUT2D eigenvalue weighted by Gasteiger charge is 2.31. The van der Waals surface area contributed by atoms with Gasteiger partial charge in [0, 0.05) is 6.42 Å². The van der Waals surface area contributed by atoms with Gasteiger partial charge >= 0.3 is 6.18 Å². The molecule has 1 fully saturated rings. The van der Waals surface area contributed by atoms with Crippen LogP contribution in [-0.2, 0) is 9.47 Å². The van der Waals surface area contributed by atoms with Crippen molar-refractivity contribution >= 4 is 0 Å². The average Bonchev–Trinajstić information content (AvgIpc) is 2.01. The second kappa shape index (κ2) is 4.28. The minimum atomic E-state index is -4.10. The molecule has 0 aromatic carbocycles. The van der Waals surface area contributed by atoms with Crippen LogP contribution < -0.4 is 0 Å². The van der Waals surface area contributed by atoms with Gasteiger partial charge in [0.05, 0.1) is 25.4 Å². The van der Waals surface area contributed by atoms with E-state index in [9.17, 15) is 13.2 Å². The lowest BCUT2D eigenvalue weighted by Crippen LogP contribution is -2.37. The zero-order chi connectivity index (χ0) is 9.90. The van der Waals surface area contributed by atoms with E-state index in [1.807, 2.05) is 0 Å². The first kappa shape index (κ1) is 10.8. The van der Waals surface area contributed by atoms with E-state index in [1.165, 1.54) is 0 Å². The molecule has 2 unspecified atom stereocenters. The molecule has 0 saturated carbocycles. The van der Waals surface area contributed by atoms with Crippen molar-refractivity contribution in [1.82, 2.24) is 0 Å². The predicted molar refractivity (Wildman–Crippen MR) is 40.4 cm³/mol. The third kappa shape index (κ3) is 3.95. The quantitative estimate of drug-likeness (QED) is 0.676. The van der Waals surface area contributed by atoms with Crippen molar-refractivity contribution in [1.29, 1.82) is 0 Å². The fourth-order valence-electron chi connectivity index (χ4n) is 1.30. The molecular weight excluding hydrogens is 185 g/mol. The van der Waals surface area contributed by atoms with Gasteiger partial charge < -0.3 is 9.47 Å². The Hall–Kier alpha value is -0.290. The summed E-state index contributed by atoms with van der Waals surface area (Å²) >= 11 is 0. The molecule has 0 amide bonds. The summed E-state index contributed by atoms with van der Waals surface area (Å²) < 4.78 is 45.8. The van der Waals surface area contributed by atoms with Crippen LogP contribution in [0, 0.1) is 0 Å². The van der Waals surface area contributed by atoms with Gasteiger partial charge in [-0.05, 0) is 13.3 Å². The van der Waals surface area contributed by atoms with Gasteiger partial charge in [-0.15, -0.1) is 0 Å². The Morgan fingerprint density at radius 1 is 1.23 bits per heavy atom. The lowest BCUT2D eigenvalue weighted by molar-refractivity contribution is -0.166. The van der Waals surface area contributed by atoms with Crippen molar-refractivity contribution in [2.24, 2.45) is 0 Å². The largest absolute Gasteiger partial charge is 0.389 e. The van der Waals surface area contributed by atoms with Crippen LogP contribution in [0.3, 0.4) is 0 Å². The zero-order valence-corrected chi connectivity index (χ0v) is 7.43. The van der Waals surface area contributed by atoms with Crippen LogP contribution in [0.1, 0.15) is 19.8 Å². The number of hydrogen-bond acceptors (Lipinski definition) is 2. The molecule has 0 aromatic rings. The van der Waals surface area contributed by atoms with E-state index in [4.69, 9.17) is 9.47 Å². The van der Waals surface area contributed by atoms with Crippen LogP contribution in [0.25, 0.3) is 0 Å². The summed E-state index contributed by atoms with van der Waals surface area (Å²) in [6, 6.07) is 0. The second-order valence-electron chi connectivity index (χ2n) is 3.14. The lowest BCUT2D eigenvalue weighted by Gasteiger charge is -2.29. The molecule has 1 saturated heterocycles. The van der Waals surface area contributed by atoms with E-state index in [-0.39, 0.29) is 12.5 Å². The highest BCUT2D eigenvalue weighted by Crippen LogP contribution is 2.25. The molecule has 78 valence electrons. The molecule has 13 heavy (non-hydrogen) atoms. The Kier molecular flexibility index (Phi) is 3.55. The van der Waals surface area contributed by atoms with Gasteiger partial charge in [-0.25, -0.2) is 0 Å². The van der Waals surface area contributed by atoms with E-state index in [1.54, 1.807) is 6.92 Å². The number of rotatable bonds is 2. The van der Waals surface area contributed by atoms with E-state index >= 15 is 0 Å². The normalized spacial score (nSPS) is 30.5. The molecule has 0 N–H and O–H groups in total. The number of ether oxygens (including phenoxy) is 2. The predicted octanol–water partition coefficient (Wildman–Crippen LogP) is 2.13. The zero-order valence-electron chi connectivity index (χ0n) is 7.43. The summed E-state index contributed by atoms with van der Waals surface area (Å²) in [5.74, 6) is 0. The lowest BCUT2D eigenvalue weighted by atomic mass is 10.1. The standard InChI is InChI=1S/C8H13F3O2/c1-6-7(13-5-4-12-6)2-3-8(9,10)11/h6-7H,2-5H2,1H3. The smallest absolute Gasteiger partial charge is 0.373 e. The van der Waals surface area contributed by atoms with E-state index in [0.29, 0.717) is 13.2 Å². The van der Waals surface area contributed by atoms with Gasteiger partial charge in [-0.3, -0.25) is 0 Å². The molecule has 0 radical (unpaired) electrons. The Bertz CT molecular complexity index is 158. The van der Waals surface area contributed by atoms with Crippen LogP contribution in [-0.4, -0.2) is 31.6 Å². The average molecular weight is 198 g/mol. The first-order chi connectivity index (χ1) is 5.99. The fourth-order valence-corrected chi connectivity index (χ4v) is 1.30. The molecule has 2 nitrogen and oxygen atoms in total. The van der Waals surface area contributed by atoms with Crippen molar-refractivity contribution in [3.8, 4) is 0 Å². The van der Waals surface area contributed by atoms with Crippen LogP contribution in [0.2, 0.25) is 0 Å². The van der Waals surface area contributed by atoms with Crippen molar-refractivity contribution < 1.29 is 22.6 Å². The number of halogens is 3. The molecule has 1 rings (SSSR count). The first-order valence-corrected chi connectivity index (χ1v) is 4.29. The Balaban J connectivity index is 2.27. The molecule has 2 atom stereocenters. The highest BCUT2D eigenvalue weighted by molar-refractivity contribution is 4.71. The number of hydrogen-bond donors (Lipinski definition) is 0. The third-order valence-electron chi connectivity index (χ3n) is 2.03. The summed E-state index contributed by atoms with van der Waals surface area (Å²) in [4.78, 5) is 0. The van der Waals surface area contributed by atoms with Gasteiger partial charge in [0.25, 0.3) is 0 Å². The topological polar surface area (TPSA) is 18.5 Å². The maximum Gasteiger partial charge on any atom is 0.389 e. The van der Waals surface area contributed by atoms with Gasteiger partial charge in [0.2, 0.25) is 0 Å². The van der Waals surface area contributed by atoms with Crippen molar-refractivity contribution in [3.63, 3.8) is 0 Å². The Morgan fingerprint density at radius 3 is 2.38 bits per heavy atom. The van der Waals surface area contributed by atoms with Gasteiger partial charge in [-0.2, -0.15) is 13.2 Å². The maximum atomic E-state index is 11.8. The van der Waals surface area contributed by atoms with E-state index in [2.05, 4.69) is 0 Å². The third-order valence-corrected chi connectivity index (χ3v) is 2.03. The van der Waals surface area contributed by atoms with Crippen LogP contribution >= 0.6 is 0 Å². The molecule has 0 aliphatic carbocycles. The van der Waals surface area contributed by atoms with Crippen LogP contribution in [0.5, 0.6) is 0 Å². The van der Waals surface area contributed by atoms with Crippen LogP contribution in [0.4, 0.5) is 13.2 Å². The summed E-state index contributed by atoms with van der Waals surface area (Å²) in [5.41, 5.74) is 0. The van der Waals surface area contributed by atoms with Gasteiger partial charge in [-0.1, -0.05) is 0 Å². The van der Waals surface area contributed by atoms with Crippen molar-refractivity contribution in [2.75, 3.05) is 13.2 Å². The van der Waals surface area contributed by atoms with Crippen molar-refractivity contribution in [3.05, 3.63) is 0 Å². The Labute approximate surface area is 75.0 Å². The maximum absolute atomic E-state index is 11.8. The summed E-state index contributed by atoms with van der Waals surface area (Å²) in [7, 11) is 0. The molecule has 0 bridgehead atoms. The fraction of sp³-hybridized carbons (Fsp3) is 1.00. The molecule has 0 aromatic heterocycles. The van der Waals surface area contributed by atoms with E-state index < -0.39 is 18.7 Å². The molecule has 1 aliphatic rings. The van der Waals surface area contributed by atoms with Gasteiger partial charge in [0.15, 0.2) is 0 Å². The highest BCUT2D eigenvalue weighted by atomic mass is 19.4. The van der Waals surface area contributed by atoms with Crippen LogP contribution in [0.15, 0.2) is 0 Å². The van der Waals surface area contributed by atoms with Crippen molar-refractivity contribution in [2.45, 2.75) is 38.1 Å². The minimum absolute atomic E-state index is 0.00926. The van der Waals surface area contributed by atoms with Gasteiger partial charge in [0.1, 0.15) is 0 Å². The Morgan fingerprint density at radius 2 is 1.85 bits per heavy atom. The first-order valence-electron chi connectivity index (χ1n) is 4.29. The van der Waals surface area contributed by atoms with E-state index in [0.717, 1.165) is 0 Å². The SMILES string of the molecule is CC1OCCOC1CCC(F)(F)F. The second-order valence-corrected chi connectivity index (χ2v) is 3.14. The molecule has 1 heterocycles. The molecular formula is C8H13F3O2. The minimum Gasteiger partial charge on any atom is -0.373 e. The summed E-state index contributed by atoms with van der Waals surface area (Å²) in [6.45, 7) is 2.61. The summed E-state index contributed by atoms with van der Waals surface area (Å²) in [5, 5.41) is 0. The molecule has 5 heteroatoms.